The summed E-state index contributed by atoms with van der Waals surface area (Å²) in [6.45, 7) is 8.08. The lowest BCUT2D eigenvalue weighted by atomic mass is 9.84. The highest BCUT2D eigenvalue weighted by atomic mass is 79.9. The van der Waals surface area contributed by atoms with Gasteiger partial charge in [-0.15, -0.1) is 0 Å². The van der Waals surface area contributed by atoms with E-state index in [9.17, 15) is 0 Å². The number of piperazine rings is 1. The fraction of sp³-hybridized carbons (Fsp3) is 0.667. The van der Waals surface area contributed by atoms with Crippen molar-refractivity contribution in [1.82, 2.24) is 10.2 Å². The van der Waals surface area contributed by atoms with E-state index in [1.807, 2.05) is 0 Å². The molecule has 3 heteroatoms. The highest BCUT2D eigenvalue weighted by Crippen LogP contribution is 2.40. The molecule has 1 heterocycles. The van der Waals surface area contributed by atoms with Gasteiger partial charge in [0, 0.05) is 35.2 Å². The van der Waals surface area contributed by atoms with Crippen molar-refractivity contribution in [3.63, 3.8) is 0 Å². The first-order valence-electron chi connectivity index (χ1n) is 8.30. The SMILES string of the molecule is CCC1(C)CN(Cc2cccc(Br)c2)C2(CCCC2)CN1. The summed E-state index contributed by atoms with van der Waals surface area (Å²) in [6.07, 6.45) is 6.68. The number of nitrogens with one attached hydrogen (secondary N) is 1. The van der Waals surface area contributed by atoms with Crippen LogP contribution in [-0.4, -0.2) is 29.1 Å². The Hall–Kier alpha value is -0.380. The summed E-state index contributed by atoms with van der Waals surface area (Å²) in [5.74, 6) is 0. The zero-order chi connectivity index (χ0) is 14.9. The van der Waals surface area contributed by atoms with E-state index in [1.54, 1.807) is 0 Å². The first-order chi connectivity index (χ1) is 10.1. The molecular formula is C18H27BrN2. The largest absolute Gasteiger partial charge is 0.308 e. The van der Waals surface area contributed by atoms with E-state index < -0.39 is 0 Å². The third-order valence-electron chi connectivity index (χ3n) is 5.63. The number of halogens is 1. The highest BCUT2D eigenvalue weighted by molar-refractivity contribution is 9.10. The van der Waals surface area contributed by atoms with E-state index in [4.69, 9.17) is 0 Å². The van der Waals surface area contributed by atoms with Gasteiger partial charge in [0.25, 0.3) is 0 Å². The molecule has 2 aliphatic rings. The number of benzene rings is 1. The Morgan fingerprint density at radius 3 is 2.71 bits per heavy atom. The van der Waals surface area contributed by atoms with E-state index in [-0.39, 0.29) is 5.54 Å². The summed E-state index contributed by atoms with van der Waals surface area (Å²) in [5.41, 5.74) is 2.09. The fourth-order valence-corrected chi connectivity index (χ4v) is 4.42. The summed E-state index contributed by atoms with van der Waals surface area (Å²) in [6, 6.07) is 8.80. The molecule has 2 fully saturated rings. The van der Waals surface area contributed by atoms with Gasteiger partial charge >= 0.3 is 0 Å². The van der Waals surface area contributed by atoms with Gasteiger partial charge in [0.1, 0.15) is 0 Å². The third-order valence-corrected chi connectivity index (χ3v) is 6.13. The first kappa shape index (κ1) is 15.5. The topological polar surface area (TPSA) is 15.3 Å². The predicted molar refractivity (Wildman–Crippen MR) is 92.4 cm³/mol. The molecule has 1 saturated heterocycles. The normalized spacial score (nSPS) is 29.1. The van der Waals surface area contributed by atoms with E-state index >= 15 is 0 Å². The second-order valence-corrected chi connectivity index (χ2v) is 8.10. The molecule has 1 atom stereocenters. The van der Waals surface area contributed by atoms with Crippen LogP contribution in [0.1, 0.15) is 51.5 Å². The van der Waals surface area contributed by atoms with Crippen molar-refractivity contribution in [2.24, 2.45) is 0 Å². The smallest absolute Gasteiger partial charge is 0.0338 e. The van der Waals surface area contributed by atoms with Crippen LogP contribution < -0.4 is 5.32 Å². The maximum Gasteiger partial charge on any atom is 0.0338 e. The lowest BCUT2D eigenvalue weighted by Crippen LogP contribution is -2.67. The molecule has 1 aliphatic carbocycles. The Kier molecular flexibility index (Phi) is 4.45. The van der Waals surface area contributed by atoms with E-state index in [0.29, 0.717) is 5.54 Å². The van der Waals surface area contributed by atoms with Gasteiger partial charge in [0.05, 0.1) is 0 Å². The van der Waals surface area contributed by atoms with Gasteiger partial charge in [-0.1, -0.05) is 47.8 Å². The van der Waals surface area contributed by atoms with Gasteiger partial charge in [0.15, 0.2) is 0 Å². The average Bonchev–Trinajstić information content (AvgIpc) is 2.94. The summed E-state index contributed by atoms with van der Waals surface area (Å²) in [5, 5.41) is 3.85. The van der Waals surface area contributed by atoms with Gasteiger partial charge in [-0.25, -0.2) is 0 Å². The molecule has 0 amide bonds. The summed E-state index contributed by atoms with van der Waals surface area (Å²) >= 11 is 3.61. The van der Waals surface area contributed by atoms with Gasteiger partial charge < -0.3 is 5.32 Å². The second kappa shape index (κ2) is 6.02. The predicted octanol–water partition coefficient (Wildman–Crippen LogP) is 4.34. The number of rotatable bonds is 3. The monoisotopic (exact) mass is 350 g/mol. The standard InChI is InChI=1S/C18H27BrN2/c1-3-17(2)14-21(12-15-7-6-8-16(19)11-15)18(13-20-17)9-4-5-10-18/h6-8,11,20H,3-5,9-10,12-14H2,1-2H3. The molecule has 2 nitrogen and oxygen atoms in total. The third kappa shape index (κ3) is 3.20. The quantitative estimate of drug-likeness (QED) is 0.872. The van der Waals surface area contributed by atoms with Crippen LogP contribution in [0.4, 0.5) is 0 Å². The number of hydrogen-bond acceptors (Lipinski definition) is 2. The molecule has 1 saturated carbocycles. The molecule has 1 aliphatic heterocycles. The van der Waals surface area contributed by atoms with E-state index in [2.05, 4.69) is 64.3 Å². The Morgan fingerprint density at radius 2 is 2.05 bits per heavy atom. The Labute approximate surface area is 137 Å². The maximum atomic E-state index is 3.85. The maximum absolute atomic E-state index is 3.85. The number of nitrogens with zero attached hydrogens (tertiary/aromatic N) is 1. The lowest BCUT2D eigenvalue weighted by molar-refractivity contribution is 0.00532. The molecule has 1 unspecified atom stereocenters. The summed E-state index contributed by atoms with van der Waals surface area (Å²) in [4.78, 5) is 2.78. The van der Waals surface area contributed by atoms with Crippen LogP contribution in [-0.2, 0) is 6.54 Å². The van der Waals surface area contributed by atoms with E-state index in [1.165, 1.54) is 42.1 Å². The van der Waals surface area contributed by atoms with Crippen LogP contribution in [0.5, 0.6) is 0 Å². The molecule has 0 aromatic heterocycles. The Balaban J connectivity index is 1.83. The van der Waals surface area contributed by atoms with Gasteiger partial charge in [-0.3, -0.25) is 4.90 Å². The average molecular weight is 351 g/mol. The van der Waals surface area contributed by atoms with E-state index in [0.717, 1.165) is 19.6 Å². The minimum absolute atomic E-state index is 0.264. The van der Waals surface area contributed by atoms with Crippen molar-refractivity contribution in [1.29, 1.82) is 0 Å². The van der Waals surface area contributed by atoms with Gasteiger partial charge in [-0.2, -0.15) is 0 Å². The van der Waals surface area contributed by atoms with Crippen LogP contribution in [0.2, 0.25) is 0 Å². The molecule has 0 radical (unpaired) electrons. The first-order valence-corrected chi connectivity index (χ1v) is 9.09. The van der Waals surface area contributed by atoms with Crippen molar-refractivity contribution in [2.45, 2.75) is 63.6 Å². The molecule has 1 aromatic carbocycles. The van der Waals surface area contributed by atoms with Crippen molar-refractivity contribution >= 4 is 15.9 Å². The molecule has 21 heavy (non-hydrogen) atoms. The summed E-state index contributed by atoms with van der Waals surface area (Å²) in [7, 11) is 0. The van der Waals surface area contributed by atoms with Crippen LogP contribution in [0.25, 0.3) is 0 Å². The molecule has 3 rings (SSSR count). The number of hydrogen-bond donors (Lipinski definition) is 1. The molecule has 1 N–H and O–H groups in total. The van der Waals surface area contributed by atoms with Crippen molar-refractivity contribution < 1.29 is 0 Å². The van der Waals surface area contributed by atoms with Crippen LogP contribution in [0.15, 0.2) is 28.7 Å². The highest BCUT2D eigenvalue weighted by Gasteiger charge is 2.46. The Bertz CT molecular complexity index is 496. The molecule has 1 spiro atoms. The molecule has 116 valence electrons. The van der Waals surface area contributed by atoms with Crippen LogP contribution in [0, 0.1) is 0 Å². The molecular weight excluding hydrogens is 324 g/mol. The van der Waals surface area contributed by atoms with Crippen molar-refractivity contribution in [2.75, 3.05) is 13.1 Å². The van der Waals surface area contributed by atoms with Gasteiger partial charge in [0.2, 0.25) is 0 Å². The zero-order valence-corrected chi connectivity index (χ0v) is 14.9. The summed E-state index contributed by atoms with van der Waals surface area (Å²) < 4.78 is 1.19. The van der Waals surface area contributed by atoms with Crippen molar-refractivity contribution in [3.05, 3.63) is 34.3 Å². The zero-order valence-electron chi connectivity index (χ0n) is 13.3. The fourth-order valence-electron chi connectivity index (χ4n) is 3.98. The second-order valence-electron chi connectivity index (χ2n) is 7.19. The van der Waals surface area contributed by atoms with Crippen LogP contribution >= 0.6 is 15.9 Å². The minimum Gasteiger partial charge on any atom is -0.308 e. The van der Waals surface area contributed by atoms with Crippen LogP contribution in [0.3, 0.4) is 0 Å². The lowest BCUT2D eigenvalue weighted by Gasteiger charge is -2.52. The Morgan fingerprint density at radius 1 is 1.29 bits per heavy atom. The minimum atomic E-state index is 0.264. The molecule has 0 bridgehead atoms. The molecule has 1 aromatic rings. The van der Waals surface area contributed by atoms with Gasteiger partial charge in [-0.05, 0) is 43.9 Å². The van der Waals surface area contributed by atoms with Crippen molar-refractivity contribution in [3.8, 4) is 0 Å².